The fourth-order valence-electron chi connectivity index (χ4n) is 2.27. The highest BCUT2D eigenvalue weighted by Gasteiger charge is 2.41. The van der Waals surface area contributed by atoms with Crippen molar-refractivity contribution in [3.63, 3.8) is 0 Å². The Labute approximate surface area is 83.8 Å². The van der Waals surface area contributed by atoms with Crippen molar-refractivity contribution in [2.24, 2.45) is 5.73 Å². The van der Waals surface area contributed by atoms with Gasteiger partial charge in [-0.3, -0.25) is 4.90 Å². The predicted molar refractivity (Wildman–Crippen MR) is 51.7 cm³/mol. The maximum absolute atomic E-state index is 10.9. The SMILES string of the molecule is CN1COC2(CCN(C(N)=O)CC2)C1. The maximum Gasteiger partial charge on any atom is 0.314 e. The van der Waals surface area contributed by atoms with Gasteiger partial charge in [0.1, 0.15) is 0 Å². The molecule has 5 heteroatoms. The van der Waals surface area contributed by atoms with Gasteiger partial charge in [-0.1, -0.05) is 0 Å². The van der Waals surface area contributed by atoms with E-state index in [1.807, 2.05) is 0 Å². The quantitative estimate of drug-likeness (QED) is 0.588. The Morgan fingerprint density at radius 3 is 2.50 bits per heavy atom. The van der Waals surface area contributed by atoms with Gasteiger partial charge >= 0.3 is 6.03 Å². The lowest BCUT2D eigenvalue weighted by molar-refractivity contribution is -0.0313. The molecule has 2 aliphatic rings. The van der Waals surface area contributed by atoms with Crippen LogP contribution in [-0.2, 0) is 4.74 Å². The lowest BCUT2D eigenvalue weighted by atomic mass is 9.91. The molecule has 0 bridgehead atoms. The molecule has 2 N–H and O–H groups in total. The molecule has 0 aromatic heterocycles. The fourth-order valence-corrected chi connectivity index (χ4v) is 2.27. The molecule has 2 saturated heterocycles. The van der Waals surface area contributed by atoms with Gasteiger partial charge in [0.2, 0.25) is 0 Å². The minimum atomic E-state index is -0.314. The number of nitrogens with two attached hydrogens (primary N) is 1. The molecule has 0 atom stereocenters. The summed E-state index contributed by atoms with van der Waals surface area (Å²) in [5.74, 6) is 0. The van der Waals surface area contributed by atoms with E-state index in [0.717, 1.165) is 32.5 Å². The van der Waals surface area contributed by atoms with Crippen LogP contribution in [0.25, 0.3) is 0 Å². The summed E-state index contributed by atoms with van der Waals surface area (Å²) in [5.41, 5.74) is 5.20. The van der Waals surface area contributed by atoms with Crippen molar-refractivity contribution in [2.45, 2.75) is 18.4 Å². The lowest BCUT2D eigenvalue weighted by Crippen LogP contribution is -2.50. The summed E-state index contributed by atoms with van der Waals surface area (Å²) < 4.78 is 5.77. The van der Waals surface area contributed by atoms with Crippen molar-refractivity contribution >= 4 is 6.03 Å². The zero-order valence-corrected chi connectivity index (χ0v) is 8.53. The molecule has 2 amide bonds. The number of carbonyl (C=O) groups is 1. The zero-order chi connectivity index (χ0) is 10.2. The number of hydrogen-bond donors (Lipinski definition) is 1. The Morgan fingerprint density at radius 1 is 1.43 bits per heavy atom. The van der Waals surface area contributed by atoms with Gasteiger partial charge in [-0.2, -0.15) is 0 Å². The summed E-state index contributed by atoms with van der Waals surface area (Å²) in [6.07, 6.45) is 1.81. The Hall–Kier alpha value is -0.810. The third-order valence-electron chi connectivity index (χ3n) is 3.14. The van der Waals surface area contributed by atoms with Crippen molar-refractivity contribution in [1.29, 1.82) is 0 Å². The molecule has 0 saturated carbocycles. The summed E-state index contributed by atoms with van der Waals surface area (Å²) >= 11 is 0. The summed E-state index contributed by atoms with van der Waals surface area (Å²) in [7, 11) is 2.05. The van der Waals surface area contributed by atoms with Crippen molar-refractivity contribution in [3.8, 4) is 0 Å². The maximum atomic E-state index is 10.9. The van der Waals surface area contributed by atoms with Crippen molar-refractivity contribution in [1.82, 2.24) is 9.80 Å². The van der Waals surface area contributed by atoms with E-state index in [9.17, 15) is 4.79 Å². The first-order valence-corrected chi connectivity index (χ1v) is 4.98. The van der Waals surface area contributed by atoms with E-state index in [-0.39, 0.29) is 11.6 Å². The van der Waals surface area contributed by atoms with Crippen LogP contribution in [0.2, 0.25) is 0 Å². The number of ether oxygens (including phenoxy) is 1. The Kier molecular flexibility index (Phi) is 2.36. The highest BCUT2D eigenvalue weighted by atomic mass is 16.5. The van der Waals surface area contributed by atoms with Crippen molar-refractivity contribution in [2.75, 3.05) is 33.4 Å². The van der Waals surface area contributed by atoms with Crippen LogP contribution in [0, 0.1) is 0 Å². The molecule has 0 aromatic rings. The number of piperidine rings is 1. The first kappa shape index (κ1) is 9.73. The molecule has 0 aromatic carbocycles. The number of rotatable bonds is 0. The summed E-state index contributed by atoms with van der Waals surface area (Å²) in [6.45, 7) is 3.13. The summed E-state index contributed by atoms with van der Waals surface area (Å²) in [5, 5.41) is 0. The van der Waals surface area contributed by atoms with Crippen LogP contribution in [0.4, 0.5) is 4.79 Å². The van der Waals surface area contributed by atoms with Gasteiger partial charge in [0.15, 0.2) is 0 Å². The van der Waals surface area contributed by atoms with Crippen molar-refractivity contribution < 1.29 is 9.53 Å². The van der Waals surface area contributed by atoms with Gasteiger partial charge in [-0.05, 0) is 19.9 Å². The molecule has 1 spiro atoms. The molecule has 2 rings (SSSR count). The highest BCUT2D eigenvalue weighted by molar-refractivity contribution is 5.72. The van der Waals surface area contributed by atoms with Gasteiger partial charge < -0.3 is 15.4 Å². The molecule has 5 nitrogen and oxygen atoms in total. The molecule has 80 valence electrons. The molecular weight excluding hydrogens is 182 g/mol. The average Bonchev–Trinajstić information content (AvgIpc) is 2.48. The normalized spacial score (nSPS) is 27.1. The number of nitrogens with zero attached hydrogens (tertiary/aromatic N) is 2. The molecule has 0 aliphatic carbocycles. The Morgan fingerprint density at radius 2 is 2.07 bits per heavy atom. The molecular formula is C9H17N3O2. The van der Waals surface area contributed by atoms with Crippen LogP contribution in [0.15, 0.2) is 0 Å². The topological polar surface area (TPSA) is 58.8 Å². The molecule has 14 heavy (non-hydrogen) atoms. The summed E-state index contributed by atoms with van der Waals surface area (Å²) in [6, 6.07) is -0.314. The van der Waals surface area contributed by atoms with E-state index in [1.165, 1.54) is 0 Å². The smallest absolute Gasteiger partial charge is 0.314 e. The molecule has 2 fully saturated rings. The number of hydrogen-bond acceptors (Lipinski definition) is 3. The van der Waals surface area contributed by atoms with E-state index in [0.29, 0.717) is 6.73 Å². The van der Waals surface area contributed by atoms with Gasteiger partial charge in [0.05, 0.1) is 12.3 Å². The number of urea groups is 1. The minimum Gasteiger partial charge on any atom is -0.358 e. The van der Waals surface area contributed by atoms with Gasteiger partial charge in [-0.25, -0.2) is 4.79 Å². The first-order valence-electron chi connectivity index (χ1n) is 4.98. The Balaban J connectivity index is 1.92. The molecule has 0 radical (unpaired) electrons. The number of likely N-dealkylation sites (N-methyl/N-ethyl adjacent to an activating group) is 1. The third-order valence-corrected chi connectivity index (χ3v) is 3.14. The minimum absolute atomic E-state index is 0.0132. The van der Waals surface area contributed by atoms with Gasteiger partial charge in [0, 0.05) is 19.6 Å². The van der Waals surface area contributed by atoms with Gasteiger partial charge in [0.25, 0.3) is 0 Å². The first-order chi connectivity index (χ1) is 6.61. The summed E-state index contributed by atoms with van der Waals surface area (Å²) in [4.78, 5) is 14.8. The highest BCUT2D eigenvalue weighted by Crippen LogP contribution is 2.31. The second-order valence-electron chi connectivity index (χ2n) is 4.30. The third kappa shape index (κ3) is 1.69. The number of carbonyl (C=O) groups excluding carboxylic acids is 1. The number of amides is 2. The van der Waals surface area contributed by atoms with E-state index >= 15 is 0 Å². The number of likely N-dealkylation sites (tertiary alicyclic amines) is 1. The van der Waals surface area contributed by atoms with E-state index in [2.05, 4.69) is 11.9 Å². The average molecular weight is 199 g/mol. The fraction of sp³-hybridized carbons (Fsp3) is 0.889. The monoisotopic (exact) mass is 199 g/mol. The van der Waals surface area contributed by atoms with Crippen LogP contribution >= 0.6 is 0 Å². The standard InChI is InChI=1S/C9H17N3O2/c1-11-6-9(14-7-11)2-4-12(5-3-9)8(10)13/h2-7H2,1H3,(H2,10,13). The van der Waals surface area contributed by atoms with E-state index < -0.39 is 0 Å². The van der Waals surface area contributed by atoms with E-state index in [1.54, 1.807) is 4.90 Å². The largest absolute Gasteiger partial charge is 0.358 e. The Bertz CT molecular complexity index is 236. The lowest BCUT2D eigenvalue weighted by Gasteiger charge is -2.37. The molecule has 0 unspecified atom stereocenters. The second-order valence-corrected chi connectivity index (χ2v) is 4.30. The molecule has 2 aliphatic heterocycles. The van der Waals surface area contributed by atoms with E-state index in [4.69, 9.17) is 10.5 Å². The zero-order valence-electron chi connectivity index (χ0n) is 8.53. The van der Waals surface area contributed by atoms with Gasteiger partial charge in [-0.15, -0.1) is 0 Å². The molecule has 2 heterocycles. The van der Waals surface area contributed by atoms with Crippen LogP contribution in [-0.4, -0.2) is 54.8 Å². The van der Waals surface area contributed by atoms with Crippen LogP contribution < -0.4 is 5.73 Å². The van der Waals surface area contributed by atoms with Crippen molar-refractivity contribution in [3.05, 3.63) is 0 Å². The van der Waals surface area contributed by atoms with Crippen LogP contribution in [0.5, 0.6) is 0 Å². The van der Waals surface area contributed by atoms with Crippen LogP contribution in [0.3, 0.4) is 0 Å². The second kappa shape index (κ2) is 3.40. The van der Waals surface area contributed by atoms with Crippen LogP contribution in [0.1, 0.15) is 12.8 Å². The predicted octanol–water partition coefficient (Wildman–Crippen LogP) is -0.181. The number of primary amides is 1.